The fourth-order valence-electron chi connectivity index (χ4n) is 2.98. The van der Waals surface area contributed by atoms with Gasteiger partial charge in [-0.2, -0.15) is 0 Å². The van der Waals surface area contributed by atoms with Gasteiger partial charge >= 0.3 is 0 Å². The number of carbonyl (C=O) groups excluding carboxylic acids is 1. The second-order valence-corrected chi connectivity index (χ2v) is 6.08. The van der Waals surface area contributed by atoms with Gasteiger partial charge in [-0.25, -0.2) is 0 Å². The largest absolute Gasteiger partial charge is 0.368 e. The number of piperidine rings is 2. The normalized spacial score (nSPS) is 23.0. The molecule has 4 heteroatoms. The van der Waals surface area contributed by atoms with Crippen LogP contribution in [-0.2, 0) is 9.53 Å². The summed E-state index contributed by atoms with van der Waals surface area (Å²) in [5, 5.41) is 0. The van der Waals surface area contributed by atoms with Crippen LogP contribution >= 0.6 is 0 Å². The van der Waals surface area contributed by atoms with Gasteiger partial charge in [0.15, 0.2) is 0 Å². The number of carbonyl (C=O) groups is 1. The molecule has 0 bridgehead atoms. The zero-order chi connectivity index (χ0) is 13.7. The van der Waals surface area contributed by atoms with E-state index in [1.54, 1.807) is 0 Å². The van der Waals surface area contributed by atoms with Gasteiger partial charge in [0.05, 0.1) is 6.10 Å². The van der Waals surface area contributed by atoms with Crippen molar-refractivity contribution in [2.45, 2.75) is 58.1 Å². The lowest BCUT2D eigenvalue weighted by molar-refractivity contribution is -0.140. The van der Waals surface area contributed by atoms with Crippen molar-refractivity contribution >= 4 is 5.91 Å². The van der Waals surface area contributed by atoms with Crippen molar-refractivity contribution in [2.24, 2.45) is 0 Å². The summed E-state index contributed by atoms with van der Waals surface area (Å²) in [6, 6.07) is 0.621. The van der Waals surface area contributed by atoms with E-state index < -0.39 is 0 Å². The van der Waals surface area contributed by atoms with Crippen molar-refractivity contribution in [2.75, 3.05) is 32.8 Å². The highest BCUT2D eigenvalue weighted by Gasteiger charge is 2.23. The molecule has 110 valence electrons. The standard InChI is InChI=1S/C15H28N2O2/c1-13(2)16-10-6-14(7-11-16)19-12-15(18)17-8-4-3-5-9-17/h13-14H,3-12H2,1-2H3. The van der Waals surface area contributed by atoms with Gasteiger partial charge < -0.3 is 14.5 Å². The Kier molecular flexibility index (Phi) is 5.64. The van der Waals surface area contributed by atoms with Crippen LogP contribution in [0, 0.1) is 0 Å². The van der Waals surface area contributed by atoms with Crippen molar-refractivity contribution in [3.8, 4) is 0 Å². The van der Waals surface area contributed by atoms with E-state index >= 15 is 0 Å². The summed E-state index contributed by atoms with van der Waals surface area (Å²) in [7, 11) is 0. The second-order valence-electron chi connectivity index (χ2n) is 6.08. The molecule has 0 aromatic rings. The maximum Gasteiger partial charge on any atom is 0.248 e. The molecule has 0 atom stereocenters. The lowest BCUT2D eigenvalue weighted by Crippen LogP contribution is -2.43. The summed E-state index contributed by atoms with van der Waals surface area (Å²) >= 11 is 0. The summed E-state index contributed by atoms with van der Waals surface area (Å²) in [5.74, 6) is 0.186. The van der Waals surface area contributed by atoms with Crippen LogP contribution in [0.4, 0.5) is 0 Å². The molecule has 0 aromatic heterocycles. The number of amides is 1. The lowest BCUT2D eigenvalue weighted by atomic mass is 10.1. The number of hydrogen-bond acceptors (Lipinski definition) is 3. The van der Waals surface area contributed by atoms with Crippen LogP contribution < -0.4 is 0 Å². The minimum atomic E-state index is 0.186. The predicted molar refractivity (Wildman–Crippen MR) is 76.1 cm³/mol. The van der Waals surface area contributed by atoms with Gasteiger partial charge in [-0.15, -0.1) is 0 Å². The molecule has 2 fully saturated rings. The van der Waals surface area contributed by atoms with Crippen LogP contribution in [0.1, 0.15) is 46.0 Å². The molecule has 0 radical (unpaired) electrons. The summed E-state index contributed by atoms with van der Waals surface area (Å²) in [4.78, 5) is 16.4. The molecule has 2 aliphatic rings. The van der Waals surface area contributed by atoms with E-state index in [0.717, 1.165) is 51.9 Å². The minimum Gasteiger partial charge on any atom is -0.368 e. The molecule has 0 N–H and O–H groups in total. The van der Waals surface area contributed by atoms with Crippen molar-refractivity contribution in [3.63, 3.8) is 0 Å². The van der Waals surface area contributed by atoms with Gasteiger partial charge in [-0.1, -0.05) is 0 Å². The first-order chi connectivity index (χ1) is 9.16. The average Bonchev–Trinajstić information content (AvgIpc) is 2.46. The van der Waals surface area contributed by atoms with Crippen molar-refractivity contribution in [1.82, 2.24) is 9.80 Å². The monoisotopic (exact) mass is 268 g/mol. The van der Waals surface area contributed by atoms with Crippen molar-refractivity contribution in [1.29, 1.82) is 0 Å². The van der Waals surface area contributed by atoms with E-state index in [9.17, 15) is 4.79 Å². The molecular weight excluding hydrogens is 240 g/mol. The molecule has 0 aromatic carbocycles. The Morgan fingerprint density at radius 1 is 1.11 bits per heavy atom. The molecule has 0 spiro atoms. The highest BCUT2D eigenvalue weighted by Crippen LogP contribution is 2.16. The van der Waals surface area contributed by atoms with Crippen molar-refractivity contribution in [3.05, 3.63) is 0 Å². The number of rotatable bonds is 4. The zero-order valence-electron chi connectivity index (χ0n) is 12.4. The summed E-state index contributed by atoms with van der Waals surface area (Å²) in [6.45, 7) is 8.80. The second kappa shape index (κ2) is 7.25. The predicted octanol–water partition coefficient (Wildman–Crippen LogP) is 1.89. The molecule has 2 rings (SSSR count). The Balaban J connectivity index is 1.64. The van der Waals surface area contributed by atoms with Crippen LogP contribution in [0.15, 0.2) is 0 Å². The molecule has 2 aliphatic heterocycles. The van der Waals surface area contributed by atoms with Crippen LogP contribution in [0.3, 0.4) is 0 Å². The minimum absolute atomic E-state index is 0.186. The van der Waals surface area contributed by atoms with Crippen molar-refractivity contribution < 1.29 is 9.53 Å². The molecular formula is C15H28N2O2. The summed E-state index contributed by atoms with van der Waals surface area (Å²) in [5.41, 5.74) is 0. The van der Waals surface area contributed by atoms with Gasteiger partial charge in [0.25, 0.3) is 0 Å². The van der Waals surface area contributed by atoms with Crippen LogP contribution in [0.5, 0.6) is 0 Å². The highest BCUT2D eigenvalue weighted by molar-refractivity contribution is 5.77. The molecule has 0 aliphatic carbocycles. The van der Waals surface area contributed by atoms with Gasteiger partial charge in [0, 0.05) is 32.2 Å². The first-order valence-electron chi connectivity index (χ1n) is 7.80. The Morgan fingerprint density at radius 3 is 2.32 bits per heavy atom. The quantitative estimate of drug-likeness (QED) is 0.780. The van der Waals surface area contributed by atoms with Crippen LogP contribution in [0.2, 0.25) is 0 Å². The molecule has 2 heterocycles. The third-order valence-electron chi connectivity index (χ3n) is 4.36. The molecule has 0 unspecified atom stereocenters. The van der Waals surface area contributed by atoms with Gasteiger partial charge in [-0.3, -0.25) is 4.79 Å². The number of likely N-dealkylation sites (tertiary alicyclic amines) is 2. The fourth-order valence-corrected chi connectivity index (χ4v) is 2.98. The topological polar surface area (TPSA) is 32.8 Å². The maximum atomic E-state index is 12.0. The Morgan fingerprint density at radius 2 is 1.74 bits per heavy atom. The third-order valence-corrected chi connectivity index (χ3v) is 4.36. The van der Waals surface area contributed by atoms with E-state index in [1.807, 2.05) is 4.90 Å². The van der Waals surface area contributed by atoms with E-state index in [1.165, 1.54) is 6.42 Å². The van der Waals surface area contributed by atoms with E-state index in [0.29, 0.717) is 6.04 Å². The number of nitrogens with zero attached hydrogens (tertiary/aromatic N) is 2. The molecule has 2 saturated heterocycles. The summed E-state index contributed by atoms with van der Waals surface area (Å²) in [6.07, 6.45) is 5.97. The SMILES string of the molecule is CC(C)N1CCC(OCC(=O)N2CCCCC2)CC1. The van der Waals surface area contributed by atoms with Gasteiger partial charge in [0.1, 0.15) is 6.61 Å². The smallest absolute Gasteiger partial charge is 0.248 e. The van der Waals surface area contributed by atoms with Crippen LogP contribution in [-0.4, -0.2) is 60.6 Å². The zero-order valence-corrected chi connectivity index (χ0v) is 12.4. The maximum absolute atomic E-state index is 12.0. The average molecular weight is 268 g/mol. The molecule has 1 amide bonds. The first kappa shape index (κ1) is 14.8. The first-order valence-corrected chi connectivity index (χ1v) is 7.80. The Bertz CT molecular complexity index is 280. The highest BCUT2D eigenvalue weighted by atomic mass is 16.5. The van der Waals surface area contributed by atoms with Gasteiger partial charge in [-0.05, 0) is 46.0 Å². The Labute approximate surface area is 117 Å². The molecule has 0 saturated carbocycles. The number of ether oxygens (including phenoxy) is 1. The Hall–Kier alpha value is -0.610. The van der Waals surface area contributed by atoms with E-state index in [2.05, 4.69) is 18.7 Å². The molecule has 19 heavy (non-hydrogen) atoms. The molecule has 4 nitrogen and oxygen atoms in total. The summed E-state index contributed by atoms with van der Waals surface area (Å²) < 4.78 is 5.81. The van der Waals surface area contributed by atoms with Crippen LogP contribution in [0.25, 0.3) is 0 Å². The number of hydrogen-bond donors (Lipinski definition) is 0. The van der Waals surface area contributed by atoms with E-state index in [-0.39, 0.29) is 18.6 Å². The fraction of sp³-hybridized carbons (Fsp3) is 0.933. The van der Waals surface area contributed by atoms with E-state index in [4.69, 9.17) is 4.74 Å². The lowest BCUT2D eigenvalue weighted by Gasteiger charge is -2.34. The third kappa shape index (κ3) is 4.46. The van der Waals surface area contributed by atoms with Gasteiger partial charge in [0.2, 0.25) is 5.91 Å².